The Balaban J connectivity index is 1.22. The zero-order valence-electron chi connectivity index (χ0n) is 20.1. The molecular formula is C27H33ClFN5. The molecule has 0 amide bonds. The molecule has 5 rings (SSSR count). The lowest BCUT2D eigenvalue weighted by molar-refractivity contribution is 0.128. The molecule has 0 spiro atoms. The van der Waals surface area contributed by atoms with Crippen LogP contribution in [0.3, 0.4) is 0 Å². The van der Waals surface area contributed by atoms with E-state index in [9.17, 15) is 4.39 Å². The van der Waals surface area contributed by atoms with Gasteiger partial charge in [-0.25, -0.2) is 9.37 Å². The third-order valence-electron chi connectivity index (χ3n) is 7.48. The number of aromatic nitrogens is 2. The molecule has 2 atom stereocenters. The third-order valence-corrected chi connectivity index (χ3v) is 7.76. The number of piperazine rings is 1. The number of imidazole rings is 1. The van der Waals surface area contributed by atoms with Gasteiger partial charge in [0.1, 0.15) is 11.6 Å². The Kier molecular flexibility index (Phi) is 6.63. The lowest BCUT2D eigenvalue weighted by atomic mass is 9.86. The Morgan fingerprint density at radius 3 is 2.59 bits per heavy atom. The molecule has 2 aliphatic heterocycles. The molecule has 3 aliphatic rings. The summed E-state index contributed by atoms with van der Waals surface area (Å²) in [7, 11) is 0. The molecule has 0 N–H and O–H groups in total. The predicted molar refractivity (Wildman–Crippen MR) is 138 cm³/mol. The molecule has 3 heterocycles. The van der Waals surface area contributed by atoms with Gasteiger partial charge in [0.05, 0.1) is 23.3 Å². The average molecular weight is 482 g/mol. The highest BCUT2D eigenvalue weighted by atomic mass is 35.5. The van der Waals surface area contributed by atoms with Crippen molar-refractivity contribution in [3.63, 3.8) is 0 Å². The molecule has 34 heavy (non-hydrogen) atoms. The fraction of sp³-hybridized carbons (Fsp3) is 0.481. The van der Waals surface area contributed by atoms with Gasteiger partial charge >= 0.3 is 0 Å². The summed E-state index contributed by atoms with van der Waals surface area (Å²) in [5.41, 5.74) is 4.63. The van der Waals surface area contributed by atoms with Crippen molar-refractivity contribution in [2.45, 2.75) is 57.1 Å². The SMILES string of the molecule is CCc1nc2n(c1CN=C1C=CC(C)(N3CCN(c4ccc(F)cc4)CC3)CC1)CC(Cl)C=C2. The van der Waals surface area contributed by atoms with Gasteiger partial charge in [0.2, 0.25) is 0 Å². The third kappa shape index (κ3) is 4.71. The molecule has 0 radical (unpaired) electrons. The number of benzene rings is 1. The van der Waals surface area contributed by atoms with Crippen LogP contribution in [-0.2, 0) is 19.5 Å². The van der Waals surface area contributed by atoms with Crippen LogP contribution in [0.15, 0.2) is 47.5 Å². The smallest absolute Gasteiger partial charge is 0.132 e. The van der Waals surface area contributed by atoms with E-state index in [1.807, 2.05) is 24.3 Å². The first kappa shape index (κ1) is 23.3. The quantitative estimate of drug-likeness (QED) is 0.558. The van der Waals surface area contributed by atoms with Crippen LogP contribution in [0, 0.1) is 5.82 Å². The summed E-state index contributed by atoms with van der Waals surface area (Å²) in [4.78, 5) is 14.7. The van der Waals surface area contributed by atoms with Gasteiger partial charge in [0.25, 0.3) is 0 Å². The van der Waals surface area contributed by atoms with Crippen molar-refractivity contribution in [3.8, 4) is 0 Å². The summed E-state index contributed by atoms with van der Waals surface area (Å²) in [6.07, 6.45) is 11.6. The Morgan fingerprint density at radius 2 is 1.91 bits per heavy atom. The lowest BCUT2D eigenvalue weighted by Crippen LogP contribution is -2.56. The number of rotatable bonds is 5. The van der Waals surface area contributed by atoms with E-state index in [4.69, 9.17) is 21.6 Å². The minimum atomic E-state index is -0.182. The Hall–Kier alpha value is -2.44. The number of halogens is 2. The van der Waals surface area contributed by atoms with Gasteiger partial charge in [-0.1, -0.05) is 19.1 Å². The summed E-state index contributed by atoms with van der Waals surface area (Å²) in [5.74, 6) is 0.814. The summed E-state index contributed by atoms with van der Waals surface area (Å²) in [5, 5.41) is 0.0108. The van der Waals surface area contributed by atoms with E-state index >= 15 is 0 Å². The predicted octanol–water partition coefficient (Wildman–Crippen LogP) is 5.09. The monoisotopic (exact) mass is 481 g/mol. The van der Waals surface area contributed by atoms with Crippen molar-refractivity contribution in [1.82, 2.24) is 14.5 Å². The Labute approximate surface area is 206 Å². The largest absolute Gasteiger partial charge is 0.369 e. The maximum Gasteiger partial charge on any atom is 0.132 e. The highest BCUT2D eigenvalue weighted by Crippen LogP contribution is 2.30. The number of anilines is 1. The Morgan fingerprint density at radius 1 is 1.15 bits per heavy atom. The van der Waals surface area contributed by atoms with Crippen molar-refractivity contribution in [2.75, 3.05) is 31.1 Å². The number of hydrogen-bond donors (Lipinski definition) is 0. The number of fused-ring (bicyclic) bond motifs is 1. The molecule has 7 heteroatoms. The first-order valence-electron chi connectivity index (χ1n) is 12.3. The van der Waals surface area contributed by atoms with Crippen LogP contribution in [0.4, 0.5) is 10.1 Å². The number of hydrogen-bond acceptors (Lipinski definition) is 4. The van der Waals surface area contributed by atoms with E-state index in [-0.39, 0.29) is 16.7 Å². The molecule has 5 nitrogen and oxygen atoms in total. The maximum atomic E-state index is 13.2. The number of aryl methyl sites for hydroxylation is 1. The lowest BCUT2D eigenvalue weighted by Gasteiger charge is -2.46. The van der Waals surface area contributed by atoms with Crippen molar-refractivity contribution in [3.05, 3.63) is 65.5 Å². The molecule has 1 aromatic heterocycles. The highest BCUT2D eigenvalue weighted by Gasteiger charge is 2.34. The zero-order chi connectivity index (χ0) is 23.7. The van der Waals surface area contributed by atoms with Crippen LogP contribution in [0.25, 0.3) is 6.08 Å². The van der Waals surface area contributed by atoms with Gasteiger partial charge in [-0.3, -0.25) is 9.89 Å². The fourth-order valence-corrected chi connectivity index (χ4v) is 5.51. The molecule has 1 aromatic carbocycles. The van der Waals surface area contributed by atoms with E-state index in [0.29, 0.717) is 6.54 Å². The number of nitrogens with zero attached hydrogens (tertiary/aromatic N) is 5. The van der Waals surface area contributed by atoms with Gasteiger partial charge in [-0.2, -0.15) is 0 Å². The van der Waals surface area contributed by atoms with Crippen molar-refractivity contribution in [2.24, 2.45) is 4.99 Å². The second-order valence-electron chi connectivity index (χ2n) is 9.65. The fourth-order valence-electron chi connectivity index (χ4n) is 5.30. The minimum absolute atomic E-state index is 0.0108. The zero-order valence-corrected chi connectivity index (χ0v) is 20.8. The minimum Gasteiger partial charge on any atom is -0.369 e. The molecule has 1 aliphatic carbocycles. The van der Waals surface area contributed by atoms with Gasteiger partial charge < -0.3 is 9.47 Å². The summed E-state index contributed by atoms with van der Waals surface area (Å²) in [6.45, 7) is 9.81. The van der Waals surface area contributed by atoms with E-state index in [1.54, 1.807) is 12.1 Å². The number of aliphatic imine (C=N–C) groups is 1. The number of allylic oxidation sites excluding steroid dienone is 2. The number of alkyl halides is 1. The topological polar surface area (TPSA) is 36.7 Å². The van der Waals surface area contributed by atoms with Crippen molar-refractivity contribution >= 4 is 29.1 Å². The van der Waals surface area contributed by atoms with Gasteiger partial charge in [-0.15, -0.1) is 11.6 Å². The van der Waals surface area contributed by atoms with Crippen LogP contribution < -0.4 is 4.90 Å². The molecular weight excluding hydrogens is 449 g/mol. The maximum absolute atomic E-state index is 13.2. The summed E-state index contributed by atoms with van der Waals surface area (Å²) in [6, 6.07) is 6.84. The molecule has 180 valence electrons. The van der Waals surface area contributed by atoms with Crippen LogP contribution in [0.2, 0.25) is 0 Å². The van der Waals surface area contributed by atoms with Crippen molar-refractivity contribution < 1.29 is 4.39 Å². The van der Waals surface area contributed by atoms with Gasteiger partial charge in [0.15, 0.2) is 0 Å². The second-order valence-corrected chi connectivity index (χ2v) is 10.2. The molecule has 0 bridgehead atoms. The van der Waals surface area contributed by atoms with Crippen LogP contribution >= 0.6 is 11.6 Å². The van der Waals surface area contributed by atoms with Crippen LogP contribution in [0.1, 0.15) is 43.9 Å². The molecule has 2 unspecified atom stereocenters. The standard InChI is InChI=1S/C27H33ClFN5/c1-3-24-25(34-19-20(28)4-9-26(34)31-24)18-30-22-10-12-27(2,13-11-22)33-16-14-32(15-17-33)23-7-5-21(29)6-8-23/h4-10,12,20H,3,11,13-19H2,1-2H3. The van der Waals surface area contributed by atoms with Crippen LogP contribution in [-0.4, -0.2) is 57.3 Å². The summed E-state index contributed by atoms with van der Waals surface area (Å²) >= 11 is 6.37. The van der Waals surface area contributed by atoms with Crippen molar-refractivity contribution in [1.29, 1.82) is 0 Å². The van der Waals surface area contributed by atoms with Crippen LogP contribution in [0.5, 0.6) is 0 Å². The molecule has 2 aromatic rings. The van der Waals surface area contributed by atoms with Gasteiger partial charge in [0, 0.05) is 49.7 Å². The van der Waals surface area contributed by atoms with E-state index in [0.717, 1.165) is 74.9 Å². The Bertz CT molecular complexity index is 1110. The molecule has 0 saturated carbocycles. The van der Waals surface area contributed by atoms with Gasteiger partial charge in [-0.05, 0) is 62.6 Å². The average Bonchev–Trinajstić information content (AvgIpc) is 3.21. The first-order chi connectivity index (χ1) is 16.4. The second kappa shape index (κ2) is 9.67. The van der Waals surface area contributed by atoms with E-state index in [1.165, 1.54) is 5.69 Å². The molecule has 1 saturated heterocycles. The first-order valence-corrected chi connectivity index (χ1v) is 12.8. The highest BCUT2D eigenvalue weighted by molar-refractivity contribution is 6.22. The summed E-state index contributed by atoms with van der Waals surface area (Å²) < 4.78 is 15.5. The molecule has 1 fully saturated rings. The van der Waals surface area contributed by atoms with E-state index < -0.39 is 0 Å². The normalized spacial score (nSPS) is 26.3. The van der Waals surface area contributed by atoms with E-state index in [2.05, 4.69) is 40.4 Å².